The molecular formula is C4H10N4. The Morgan fingerprint density at radius 2 is 2.75 bits per heavy atom. The molecule has 1 heterocycles. The average Bonchev–Trinajstić information content (AvgIpc) is 2.51. The molecule has 0 aromatic carbocycles. The lowest BCUT2D eigenvalue weighted by Crippen LogP contribution is -2.89. The van der Waals surface area contributed by atoms with Gasteiger partial charge in [-0.2, -0.15) is 0 Å². The van der Waals surface area contributed by atoms with Gasteiger partial charge in [0.15, 0.2) is 6.67 Å². The summed E-state index contributed by atoms with van der Waals surface area (Å²) in [6, 6.07) is 0. The number of nitrogens with zero attached hydrogens (tertiary/aromatic N) is 2. The number of hydrogen-bond donors (Lipinski definition) is 2. The Morgan fingerprint density at radius 1 is 2.00 bits per heavy atom. The predicted molar refractivity (Wildman–Crippen MR) is 31.1 cm³/mol. The van der Waals surface area contributed by atoms with Gasteiger partial charge >= 0.3 is 0 Å². The van der Waals surface area contributed by atoms with Gasteiger partial charge < -0.3 is 10.6 Å². The van der Waals surface area contributed by atoms with Gasteiger partial charge in [0.05, 0.1) is 0 Å². The third-order valence-electron chi connectivity index (χ3n) is 0.778. The number of nitrogens with one attached hydrogen (secondary N) is 2. The molecule has 4 nitrogen and oxygen atoms in total. The molecule has 0 bridgehead atoms. The van der Waals surface area contributed by atoms with Crippen LogP contribution in [0.4, 0.5) is 0 Å². The zero-order chi connectivity index (χ0) is 5.82. The fourth-order valence-corrected chi connectivity index (χ4v) is 0.302. The van der Waals surface area contributed by atoms with Crippen molar-refractivity contribution < 1.29 is 5.12 Å². The Labute approximate surface area is 48.5 Å². The van der Waals surface area contributed by atoms with E-state index in [9.17, 15) is 0 Å². The van der Waals surface area contributed by atoms with Gasteiger partial charge in [-0.1, -0.05) is 6.92 Å². The van der Waals surface area contributed by atoms with Gasteiger partial charge in [-0.3, -0.25) is 5.12 Å². The van der Waals surface area contributed by atoms with Crippen molar-refractivity contribution in [3.63, 3.8) is 0 Å². The zero-order valence-electron chi connectivity index (χ0n) is 4.89. The van der Waals surface area contributed by atoms with Crippen LogP contribution in [0.3, 0.4) is 0 Å². The molecule has 0 radical (unpaired) electrons. The number of hydrogen-bond acceptors (Lipinski definition) is 2. The van der Waals surface area contributed by atoms with E-state index >= 15 is 0 Å². The molecule has 1 rings (SSSR count). The fourth-order valence-electron chi connectivity index (χ4n) is 0.302. The lowest BCUT2D eigenvalue weighted by atomic mass is 10.6. The Hall–Kier alpha value is -0.610. The van der Waals surface area contributed by atoms with Crippen molar-refractivity contribution in [1.82, 2.24) is 5.43 Å². The van der Waals surface area contributed by atoms with Gasteiger partial charge in [0.25, 0.3) is 0 Å². The van der Waals surface area contributed by atoms with Crippen molar-refractivity contribution in [2.24, 2.45) is 5.10 Å². The van der Waals surface area contributed by atoms with E-state index in [0.717, 1.165) is 18.2 Å². The van der Waals surface area contributed by atoms with Gasteiger partial charge in [-0.25, -0.2) is 0 Å². The second-order valence-electron chi connectivity index (χ2n) is 1.61. The second kappa shape index (κ2) is 2.64. The molecule has 0 amide bonds. The van der Waals surface area contributed by atoms with E-state index in [1.807, 2.05) is 6.92 Å². The van der Waals surface area contributed by atoms with Gasteiger partial charge in [-0.15, -0.1) is 5.43 Å². The van der Waals surface area contributed by atoms with Crippen molar-refractivity contribution in [2.75, 3.05) is 6.67 Å². The molecule has 1 aliphatic heterocycles. The van der Waals surface area contributed by atoms with Gasteiger partial charge in [0.2, 0.25) is 0 Å². The average molecular weight is 114 g/mol. The van der Waals surface area contributed by atoms with Gasteiger partial charge in [0, 0.05) is 0 Å². The molecule has 4 heteroatoms. The maximum Gasteiger partial charge on any atom is 0.187 e. The minimum absolute atomic E-state index is 0.918. The first-order valence-corrected chi connectivity index (χ1v) is 2.75. The fraction of sp³-hybridized carbons (Fsp3) is 0.750. The molecule has 1 unspecified atom stereocenters. The first-order valence-electron chi connectivity index (χ1n) is 2.75. The SMILES string of the molecule is CC/C=N/[N-][NH+]1CN1. The van der Waals surface area contributed by atoms with Crippen molar-refractivity contribution in [1.29, 1.82) is 0 Å². The lowest BCUT2D eigenvalue weighted by Gasteiger charge is -2.03. The summed E-state index contributed by atoms with van der Waals surface area (Å²) in [4.78, 5) is 0. The molecule has 0 spiro atoms. The zero-order valence-corrected chi connectivity index (χ0v) is 4.89. The smallest absolute Gasteiger partial charge is 0.187 e. The highest BCUT2D eigenvalue weighted by Crippen LogP contribution is 1.75. The Kier molecular flexibility index (Phi) is 1.82. The first-order chi connectivity index (χ1) is 3.93. The Bertz CT molecular complexity index is 86.0. The topological polar surface area (TPSA) is 52.8 Å². The molecule has 0 aliphatic carbocycles. The minimum atomic E-state index is 0.918. The molecule has 2 N–H and O–H groups in total. The van der Waals surface area contributed by atoms with Crippen molar-refractivity contribution in [2.45, 2.75) is 13.3 Å². The molecule has 0 aromatic rings. The van der Waals surface area contributed by atoms with Crippen LogP contribution in [-0.2, 0) is 0 Å². The summed E-state index contributed by atoms with van der Waals surface area (Å²) in [7, 11) is 0. The van der Waals surface area contributed by atoms with Crippen molar-refractivity contribution >= 4 is 6.21 Å². The summed E-state index contributed by atoms with van der Waals surface area (Å²) in [5.74, 6) is 0. The van der Waals surface area contributed by atoms with Crippen molar-refractivity contribution in [3.05, 3.63) is 5.53 Å². The third kappa shape index (κ3) is 1.90. The Balaban J connectivity index is 1.93. The summed E-state index contributed by atoms with van der Waals surface area (Å²) in [5, 5.41) is 4.75. The normalized spacial score (nSPS) is 26.4. The molecule has 1 atom stereocenters. The molecular weight excluding hydrogens is 104 g/mol. The third-order valence-corrected chi connectivity index (χ3v) is 0.778. The van der Waals surface area contributed by atoms with Crippen LogP contribution >= 0.6 is 0 Å². The summed E-state index contributed by atoms with van der Waals surface area (Å²) in [5.41, 5.74) is 6.73. The number of quaternary nitrogens is 1. The van der Waals surface area contributed by atoms with Crippen LogP contribution in [0.15, 0.2) is 5.10 Å². The maximum atomic E-state index is 3.80. The van der Waals surface area contributed by atoms with Crippen molar-refractivity contribution in [3.8, 4) is 0 Å². The monoisotopic (exact) mass is 114 g/mol. The van der Waals surface area contributed by atoms with Crippen LogP contribution in [0, 0.1) is 0 Å². The van der Waals surface area contributed by atoms with Gasteiger partial charge in [0.1, 0.15) is 0 Å². The lowest BCUT2D eigenvalue weighted by molar-refractivity contribution is -0.744. The largest absolute Gasteiger partial charge is 0.384 e. The van der Waals surface area contributed by atoms with E-state index < -0.39 is 0 Å². The van der Waals surface area contributed by atoms with Crippen LogP contribution in [0.25, 0.3) is 5.53 Å². The minimum Gasteiger partial charge on any atom is -0.384 e. The van der Waals surface area contributed by atoms with Crippen LogP contribution in [-0.4, -0.2) is 12.9 Å². The Morgan fingerprint density at radius 3 is 3.25 bits per heavy atom. The molecule has 1 aliphatic rings. The summed E-state index contributed by atoms with van der Waals surface area (Å²) >= 11 is 0. The summed E-state index contributed by atoms with van der Waals surface area (Å²) < 4.78 is 0. The summed E-state index contributed by atoms with van der Waals surface area (Å²) in [6.45, 7) is 2.95. The molecule has 0 saturated carbocycles. The van der Waals surface area contributed by atoms with Crippen LogP contribution in [0.2, 0.25) is 0 Å². The predicted octanol–water partition coefficient (Wildman–Crippen LogP) is -0.968. The van der Waals surface area contributed by atoms with Crippen LogP contribution < -0.4 is 10.5 Å². The van der Waals surface area contributed by atoms with E-state index in [1.54, 1.807) is 6.21 Å². The standard InChI is InChI=1S/C4H10N4/c1-2-3-5-7-8-4-6-8/h3,6,8H,2,4H2,1H3/b5-3+. The molecule has 0 aromatic heterocycles. The quantitative estimate of drug-likeness (QED) is 0.277. The van der Waals surface area contributed by atoms with Crippen LogP contribution in [0.1, 0.15) is 13.3 Å². The van der Waals surface area contributed by atoms with E-state index in [1.165, 1.54) is 0 Å². The van der Waals surface area contributed by atoms with Gasteiger partial charge in [-0.05, 0) is 12.6 Å². The molecule has 1 saturated heterocycles. The highest BCUT2D eigenvalue weighted by Gasteiger charge is 2.11. The van der Waals surface area contributed by atoms with E-state index in [4.69, 9.17) is 0 Å². The highest BCUT2D eigenvalue weighted by atomic mass is 15.9. The second-order valence-corrected chi connectivity index (χ2v) is 1.61. The van der Waals surface area contributed by atoms with E-state index in [2.05, 4.69) is 16.1 Å². The van der Waals surface area contributed by atoms with E-state index in [-0.39, 0.29) is 0 Å². The molecule has 46 valence electrons. The summed E-state index contributed by atoms with van der Waals surface area (Å²) in [6.07, 6.45) is 2.74. The molecule has 1 fully saturated rings. The van der Waals surface area contributed by atoms with Crippen LogP contribution in [0.5, 0.6) is 0 Å². The van der Waals surface area contributed by atoms with E-state index in [0.29, 0.717) is 0 Å². The first kappa shape index (κ1) is 5.53. The number of rotatable bonds is 3. The molecule has 8 heavy (non-hydrogen) atoms. The highest BCUT2D eigenvalue weighted by molar-refractivity contribution is 5.56. The maximum absolute atomic E-state index is 3.80.